The zero-order valence-electron chi connectivity index (χ0n) is 12.5. The van der Waals surface area contributed by atoms with Crippen LogP contribution in [0.25, 0.3) is 0 Å². The molecule has 0 fully saturated rings. The first-order valence-electron chi connectivity index (χ1n) is 6.86. The van der Waals surface area contributed by atoms with E-state index in [2.05, 4.69) is 10.6 Å². The van der Waals surface area contributed by atoms with Crippen molar-refractivity contribution in [3.05, 3.63) is 35.4 Å². The molecule has 2 amide bonds. The Kier molecular flexibility index (Phi) is 5.97. The summed E-state index contributed by atoms with van der Waals surface area (Å²) in [7, 11) is 0. The minimum Gasteiger partial charge on any atom is -0.326 e. The molecule has 2 N–H and O–H groups in total. The van der Waals surface area contributed by atoms with E-state index in [1.165, 1.54) is 0 Å². The molecule has 0 atom stereocenters. The molecular formula is C16H22N2O2. The van der Waals surface area contributed by atoms with Gasteiger partial charge < -0.3 is 10.6 Å². The molecule has 0 heterocycles. The SMILES string of the molecule is CC/C=C(/C)C(=O)Nc1ccc(NC(=O)CC)c(C)c1. The van der Waals surface area contributed by atoms with Crippen molar-refractivity contribution in [3.8, 4) is 0 Å². The maximum atomic E-state index is 11.9. The number of carbonyl (C=O) groups is 2. The van der Waals surface area contributed by atoms with Gasteiger partial charge in [0.15, 0.2) is 0 Å². The summed E-state index contributed by atoms with van der Waals surface area (Å²) < 4.78 is 0. The minimum atomic E-state index is -0.100. The maximum absolute atomic E-state index is 11.9. The zero-order chi connectivity index (χ0) is 15.1. The average Bonchev–Trinajstić information content (AvgIpc) is 2.41. The Morgan fingerprint density at radius 2 is 1.90 bits per heavy atom. The Morgan fingerprint density at radius 1 is 1.20 bits per heavy atom. The molecule has 1 aromatic carbocycles. The molecule has 0 aromatic heterocycles. The molecule has 20 heavy (non-hydrogen) atoms. The smallest absolute Gasteiger partial charge is 0.250 e. The van der Waals surface area contributed by atoms with Crippen molar-refractivity contribution in [3.63, 3.8) is 0 Å². The Balaban J connectivity index is 2.80. The van der Waals surface area contributed by atoms with Crippen LogP contribution in [0.15, 0.2) is 29.8 Å². The summed E-state index contributed by atoms with van der Waals surface area (Å²) in [6, 6.07) is 5.44. The van der Waals surface area contributed by atoms with Crippen LogP contribution in [0.2, 0.25) is 0 Å². The van der Waals surface area contributed by atoms with Crippen LogP contribution >= 0.6 is 0 Å². The number of carbonyl (C=O) groups excluding carboxylic acids is 2. The van der Waals surface area contributed by atoms with Gasteiger partial charge in [-0.05, 0) is 44.0 Å². The molecule has 0 radical (unpaired) electrons. The third-order valence-corrected chi connectivity index (χ3v) is 2.95. The van der Waals surface area contributed by atoms with E-state index in [4.69, 9.17) is 0 Å². The van der Waals surface area contributed by atoms with Gasteiger partial charge in [0.2, 0.25) is 5.91 Å². The van der Waals surface area contributed by atoms with Crippen LogP contribution in [0, 0.1) is 6.92 Å². The van der Waals surface area contributed by atoms with Gasteiger partial charge in [-0.3, -0.25) is 9.59 Å². The van der Waals surface area contributed by atoms with E-state index in [1.807, 2.05) is 32.9 Å². The van der Waals surface area contributed by atoms with Crippen LogP contribution in [0.5, 0.6) is 0 Å². The second kappa shape index (κ2) is 7.48. The molecule has 1 rings (SSSR count). The topological polar surface area (TPSA) is 58.2 Å². The minimum absolute atomic E-state index is 0.0217. The van der Waals surface area contributed by atoms with E-state index in [0.29, 0.717) is 12.0 Å². The summed E-state index contributed by atoms with van der Waals surface area (Å²) in [4.78, 5) is 23.2. The highest BCUT2D eigenvalue weighted by atomic mass is 16.2. The molecule has 0 saturated heterocycles. The van der Waals surface area contributed by atoms with E-state index in [1.54, 1.807) is 19.1 Å². The number of anilines is 2. The second-order valence-electron chi connectivity index (χ2n) is 4.68. The van der Waals surface area contributed by atoms with Crippen LogP contribution in [0.1, 0.15) is 39.2 Å². The number of nitrogens with one attached hydrogen (secondary N) is 2. The molecule has 0 bridgehead atoms. The summed E-state index contributed by atoms with van der Waals surface area (Å²) in [6.45, 7) is 7.49. The predicted molar refractivity (Wildman–Crippen MR) is 82.8 cm³/mol. The highest BCUT2D eigenvalue weighted by Gasteiger charge is 2.07. The van der Waals surface area contributed by atoms with Crippen LogP contribution < -0.4 is 10.6 Å². The highest BCUT2D eigenvalue weighted by molar-refractivity contribution is 6.03. The first kappa shape index (κ1) is 16.0. The lowest BCUT2D eigenvalue weighted by molar-refractivity contribution is -0.116. The molecule has 108 valence electrons. The van der Waals surface area contributed by atoms with E-state index < -0.39 is 0 Å². The lowest BCUT2D eigenvalue weighted by atomic mass is 10.1. The van der Waals surface area contributed by atoms with Crippen molar-refractivity contribution in [1.82, 2.24) is 0 Å². The van der Waals surface area contributed by atoms with Crippen molar-refractivity contribution < 1.29 is 9.59 Å². The Hall–Kier alpha value is -2.10. The third kappa shape index (κ3) is 4.53. The molecule has 0 aliphatic carbocycles. The van der Waals surface area contributed by atoms with Gasteiger partial charge in [0.1, 0.15) is 0 Å². The average molecular weight is 274 g/mol. The summed E-state index contributed by atoms with van der Waals surface area (Å²) in [6.07, 6.45) is 3.16. The standard InChI is InChI=1S/C16H22N2O2/c1-5-7-11(3)16(20)17-13-8-9-14(12(4)10-13)18-15(19)6-2/h7-10H,5-6H2,1-4H3,(H,17,20)(H,18,19)/b11-7-. The highest BCUT2D eigenvalue weighted by Crippen LogP contribution is 2.20. The first-order valence-corrected chi connectivity index (χ1v) is 6.86. The van der Waals surface area contributed by atoms with Crippen LogP contribution in [0.4, 0.5) is 11.4 Å². The monoisotopic (exact) mass is 274 g/mol. The molecule has 0 aliphatic rings. The number of benzene rings is 1. The van der Waals surface area contributed by atoms with Crippen molar-refractivity contribution in [2.24, 2.45) is 0 Å². The summed E-state index contributed by atoms with van der Waals surface area (Å²) in [5, 5.41) is 5.66. The first-order chi connectivity index (χ1) is 9.47. The van der Waals surface area contributed by atoms with Crippen molar-refractivity contribution in [1.29, 1.82) is 0 Å². The molecule has 0 saturated carbocycles. The zero-order valence-corrected chi connectivity index (χ0v) is 12.5. The van der Waals surface area contributed by atoms with Crippen molar-refractivity contribution in [2.45, 2.75) is 40.5 Å². The Morgan fingerprint density at radius 3 is 2.45 bits per heavy atom. The second-order valence-corrected chi connectivity index (χ2v) is 4.68. The molecule has 0 aliphatic heterocycles. The largest absolute Gasteiger partial charge is 0.326 e. The number of rotatable bonds is 5. The van der Waals surface area contributed by atoms with E-state index in [9.17, 15) is 9.59 Å². The van der Waals surface area contributed by atoms with Crippen molar-refractivity contribution in [2.75, 3.05) is 10.6 Å². The quantitative estimate of drug-likeness (QED) is 0.805. The lowest BCUT2D eigenvalue weighted by Crippen LogP contribution is -2.14. The lowest BCUT2D eigenvalue weighted by Gasteiger charge is -2.11. The van der Waals surface area contributed by atoms with Crippen LogP contribution in [0.3, 0.4) is 0 Å². The fourth-order valence-corrected chi connectivity index (χ4v) is 1.75. The van der Waals surface area contributed by atoms with Gasteiger partial charge in [-0.15, -0.1) is 0 Å². The molecule has 0 spiro atoms. The third-order valence-electron chi connectivity index (χ3n) is 2.95. The molecule has 1 aromatic rings. The molecule has 4 nitrogen and oxygen atoms in total. The normalized spacial score (nSPS) is 11.1. The van der Waals surface area contributed by atoms with Crippen LogP contribution in [-0.2, 0) is 9.59 Å². The van der Waals surface area contributed by atoms with E-state index in [-0.39, 0.29) is 11.8 Å². The molecular weight excluding hydrogens is 252 g/mol. The van der Waals surface area contributed by atoms with Gasteiger partial charge >= 0.3 is 0 Å². The summed E-state index contributed by atoms with van der Waals surface area (Å²) in [5.74, 6) is -0.122. The van der Waals surface area contributed by atoms with Crippen molar-refractivity contribution >= 4 is 23.2 Å². The number of amides is 2. The molecule has 4 heteroatoms. The Bertz CT molecular complexity index is 533. The predicted octanol–water partition coefficient (Wildman–Crippen LogP) is 3.64. The van der Waals surface area contributed by atoms with Gasteiger partial charge in [-0.25, -0.2) is 0 Å². The fraction of sp³-hybridized carbons (Fsp3) is 0.375. The number of hydrogen-bond donors (Lipinski definition) is 2. The maximum Gasteiger partial charge on any atom is 0.250 e. The number of allylic oxidation sites excluding steroid dienone is 1. The van der Waals surface area contributed by atoms with Gasteiger partial charge in [0.05, 0.1) is 0 Å². The van der Waals surface area contributed by atoms with Gasteiger partial charge in [0, 0.05) is 23.4 Å². The van der Waals surface area contributed by atoms with Gasteiger partial charge in [0.25, 0.3) is 5.91 Å². The molecule has 0 unspecified atom stereocenters. The Labute approximate surface area is 120 Å². The summed E-state index contributed by atoms with van der Waals surface area (Å²) >= 11 is 0. The fourth-order valence-electron chi connectivity index (χ4n) is 1.75. The summed E-state index contributed by atoms with van der Waals surface area (Å²) in [5.41, 5.74) is 3.12. The van der Waals surface area contributed by atoms with Gasteiger partial charge in [-0.2, -0.15) is 0 Å². The van der Waals surface area contributed by atoms with Crippen LogP contribution in [-0.4, -0.2) is 11.8 Å². The number of hydrogen-bond acceptors (Lipinski definition) is 2. The van der Waals surface area contributed by atoms with Gasteiger partial charge in [-0.1, -0.05) is 19.9 Å². The van der Waals surface area contributed by atoms with E-state index in [0.717, 1.165) is 23.4 Å². The van der Waals surface area contributed by atoms with E-state index >= 15 is 0 Å². The number of aryl methyl sites for hydroxylation is 1.